The number of nitrogens with two attached hydrogens (primary N) is 1. The standard InChI is InChI=1S/C13H18N4O3S/c1-6(2)10(18)12-9(14)11(19-4)13(21-12)15-5-8-16-7(3)20-17-8/h6,15H,5,14H2,1-4H3. The van der Waals surface area contributed by atoms with E-state index in [1.165, 1.54) is 18.4 Å². The van der Waals surface area contributed by atoms with Gasteiger partial charge in [0.2, 0.25) is 5.89 Å². The highest BCUT2D eigenvalue weighted by Crippen LogP contribution is 2.43. The van der Waals surface area contributed by atoms with Gasteiger partial charge in [-0.05, 0) is 0 Å². The van der Waals surface area contributed by atoms with Crippen molar-refractivity contribution in [3.8, 4) is 5.75 Å². The lowest BCUT2D eigenvalue weighted by Gasteiger charge is -2.04. The van der Waals surface area contributed by atoms with Crippen LogP contribution in [0.4, 0.5) is 10.7 Å². The Labute approximate surface area is 126 Å². The Morgan fingerprint density at radius 1 is 1.52 bits per heavy atom. The van der Waals surface area contributed by atoms with E-state index in [2.05, 4.69) is 15.5 Å². The highest BCUT2D eigenvalue weighted by atomic mass is 32.1. The van der Waals surface area contributed by atoms with Crippen molar-refractivity contribution in [2.24, 2.45) is 5.92 Å². The molecule has 2 aromatic rings. The molecule has 0 saturated heterocycles. The summed E-state index contributed by atoms with van der Waals surface area (Å²) in [5.41, 5.74) is 6.37. The number of methoxy groups -OCH3 is 1. The topological polar surface area (TPSA) is 103 Å². The summed E-state index contributed by atoms with van der Waals surface area (Å²) in [5, 5.41) is 7.60. The second-order valence-corrected chi connectivity index (χ2v) is 5.83. The number of hydrogen-bond donors (Lipinski definition) is 2. The Bertz CT molecular complexity index is 648. The third-order valence-electron chi connectivity index (χ3n) is 2.83. The number of Topliss-reactive ketones (excluding diaryl/α,β-unsaturated/α-hetero) is 1. The number of hydrogen-bond acceptors (Lipinski definition) is 8. The van der Waals surface area contributed by atoms with Crippen molar-refractivity contribution in [3.63, 3.8) is 0 Å². The number of nitrogens with zero attached hydrogens (tertiary/aromatic N) is 2. The van der Waals surface area contributed by atoms with Gasteiger partial charge >= 0.3 is 0 Å². The van der Waals surface area contributed by atoms with Gasteiger partial charge in [0.15, 0.2) is 17.4 Å². The molecule has 21 heavy (non-hydrogen) atoms. The van der Waals surface area contributed by atoms with Crippen molar-refractivity contribution in [1.29, 1.82) is 0 Å². The largest absolute Gasteiger partial charge is 0.492 e. The summed E-state index contributed by atoms with van der Waals surface area (Å²) in [4.78, 5) is 16.7. The van der Waals surface area contributed by atoms with Gasteiger partial charge < -0.3 is 20.3 Å². The first kappa shape index (κ1) is 15.3. The van der Waals surface area contributed by atoms with Crippen LogP contribution in [0.1, 0.15) is 35.2 Å². The molecule has 0 radical (unpaired) electrons. The van der Waals surface area contributed by atoms with E-state index in [-0.39, 0.29) is 11.7 Å². The van der Waals surface area contributed by atoms with E-state index in [0.29, 0.717) is 39.6 Å². The highest BCUT2D eigenvalue weighted by Gasteiger charge is 2.23. The average molecular weight is 310 g/mol. The number of aryl methyl sites for hydroxylation is 1. The van der Waals surface area contributed by atoms with Crippen LogP contribution in [-0.4, -0.2) is 23.0 Å². The van der Waals surface area contributed by atoms with E-state index < -0.39 is 0 Å². The number of aromatic nitrogens is 2. The molecule has 8 heteroatoms. The third-order valence-corrected chi connectivity index (χ3v) is 3.99. The van der Waals surface area contributed by atoms with Crippen molar-refractivity contribution in [2.75, 3.05) is 18.2 Å². The van der Waals surface area contributed by atoms with Crippen molar-refractivity contribution in [2.45, 2.75) is 27.3 Å². The molecule has 114 valence electrons. The molecule has 0 spiro atoms. The molecule has 2 aromatic heterocycles. The molecule has 2 heterocycles. The Hall–Kier alpha value is -2.09. The monoisotopic (exact) mass is 310 g/mol. The molecule has 2 rings (SSSR count). The lowest BCUT2D eigenvalue weighted by atomic mass is 10.1. The SMILES string of the molecule is COc1c(NCc2noc(C)n2)sc(C(=O)C(C)C)c1N. The lowest BCUT2D eigenvalue weighted by molar-refractivity contribution is 0.0944. The molecule has 0 aliphatic heterocycles. The summed E-state index contributed by atoms with van der Waals surface area (Å²) in [6.45, 7) is 5.76. The summed E-state index contributed by atoms with van der Waals surface area (Å²) < 4.78 is 10.2. The zero-order valence-electron chi connectivity index (χ0n) is 12.4. The van der Waals surface area contributed by atoms with E-state index in [0.717, 1.165) is 0 Å². The second-order valence-electron chi connectivity index (χ2n) is 4.81. The van der Waals surface area contributed by atoms with E-state index in [1.807, 2.05) is 13.8 Å². The smallest absolute Gasteiger partial charge is 0.223 e. The van der Waals surface area contributed by atoms with Gasteiger partial charge in [0.25, 0.3) is 0 Å². The van der Waals surface area contributed by atoms with Crippen LogP contribution in [-0.2, 0) is 6.54 Å². The minimum Gasteiger partial charge on any atom is -0.492 e. The van der Waals surface area contributed by atoms with Gasteiger partial charge in [-0.25, -0.2) is 0 Å². The van der Waals surface area contributed by atoms with E-state index in [4.69, 9.17) is 15.0 Å². The molecular weight excluding hydrogens is 292 g/mol. The molecule has 0 fully saturated rings. The minimum atomic E-state index is -0.122. The normalized spacial score (nSPS) is 10.9. The Balaban J connectivity index is 2.22. The van der Waals surface area contributed by atoms with Crippen LogP contribution in [0.15, 0.2) is 4.52 Å². The Morgan fingerprint density at radius 3 is 2.76 bits per heavy atom. The predicted molar refractivity (Wildman–Crippen MR) is 80.8 cm³/mol. The molecule has 0 bridgehead atoms. The van der Waals surface area contributed by atoms with Crippen molar-refractivity contribution >= 4 is 27.8 Å². The number of nitrogens with one attached hydrogen (secondary N) is 1. The number of carbonyl (C=O) groups excluding carboxylic acids is 1. The second kappa shape index (κ2) is 6.13. The summed E-state index contributed by atoms with van der Waals surface area (Å²) in [7, 11) is 1.52. The van der Waals surface area contributed by atoms with Gasteiger partial charge in [-0.2, -0.15) is 4.98 Å². The first-order valence-corrected chi connectivity index (χ1v) is 7.29. The summed E-state index contributed by atoms with van der Waals surface area (Å²) in [6.07, 6.45) is 0. The van der Waals surface area contributed by atoms with Gasteiger partial charge in [-0.15, -0.1) is 11.3 Å². The fraction of sp³-hybridized carbons (Fsp3) is 0.462. The average Bonchev–Trinajstić information content (AvgIpc) is 2.99. The van der Waals surface area contributed by atoms with Crippen LogP contribution >= 0.6 is 11.3 Å². The lowest BCUT2D eigenvalue weighted by Crippen LogP contribution is -2.07. The predicted octanol–water partition coefficient (Wildman–Crippen LogP) is 2.48. The minimum absolute atomic E-state index is 0.000689. The number of carbonyl (C=O) groups is 1. The number of nitrogen functional groups attached to an aromatic ring is 1. The molecule has 3 N–H and O–H groups in total. The van der Waals surface area contributed by atoms with E-state index in [9.17, 15) is 4.79 Å². The first-order chi connectivity index (χ1) is 9.93. The number of anilines is 2. The van der Waals surface area contributed by atoms with Gasteiger partial charge in [0, 0.05) is 12.8 Å². The van der Waals surface area contributed by atoms with Gasteiger partial charge in [0.1, 0.15) is 5.00 Å². The molecule has 0 amide bonds. The highest BCUT2D eigenvalue weighted by molar-refractivity contribution is 7.19. The molecule has 0 atom stereocenters. The Kier molecular flexibility index (Phi) is 4.46. The van der Waals surface area contributed by atoms with Crippen LogP contribution in [0.3, 0.4) is 0 Å². The summed E-state index contributed by atoms with van der Waals surface area (Å²) >= 11 is 1.28. The molecule has 0 aliphatic rings. The molecular formula is C13H18N4O3S. The maximum Gasteiger partial charge on any atom is 0.223 e. The van der Waals surface area contributed by atoms with E-state index >= 15 is 0 Å². The van der Waals surface area contributed by atoms with Crippen LogP contribution in [0.5, 0.6) is 5.75 Å². The molecule has 0 aromatic carbocycles. The van der Waals surface area contributed by atoms with Crippen LogP contribution in [0.25, 0.3) is 0 Å². The van der Waals surface area contributed by atoms with Crippen LogP contribution < -0.4 is 15.8 Å². The fourth-order valence-electron chi connectivity index (χ4n) is 1.77. The van der Waals surface area contributed by atoms with Crippen LogP contribution in [0, 0.1) is 12.8 Å². The molecule has 0 unspecified atom stereocenters. The van der Waals surface area contributed by atoms with Crippen molar-refractivity contribution < 1.29 is 14.1 Å². The van der Waals surface area contributed by atoms with Gasteiger partial charge in [0.05, 0.1) is 24.2 Å². The van der Waals surface area contributed by atoms with Crippen molar-refractivity contribution in [1.82, 2.24) is 10.1 Å². The maximum absolute atomic E-state index is 12.1. The summed E-state index contributed by atoms with van der Waals surface area (Å²) in [5.74, 6) is 1.38. The number of ketones is 1. The Morgan fingerprint density at radius 2 is 2.24 bits per heavy atom. The molecule has 0 saturated carbocycles. The zero-order chi connectivity index (χ0) is 15.6. The fourth-order valence-corrected chi connectivity index (χ4v) is 2.94. The van der Waals surface area contributed by atoms with Gasteiger partial charge in [-0.3, -0.25) is 4.79 Å². The van der Waals surface area contributed by atoms with Crippen LogP contribution in [0.2, 0.25) is 0 Å². The number of thiophene rings is 1. The zero-order valence-corrected chi connectivity index (χ0v) is 13.2. The quantitative estimate of drug-likeness (QED) is 0.790. The van der Waals surface area contributed by atoms with E-state index in [1.54, 1.807) is 6.92 Å². The number of rotatable bonds is 6. The summed E-state index contributed by atoms with van der Waals surface area (Å²) in [6, 6.07) is 0. The molecule has 0 aliphatic carbocycles. The number of ether oxygens (including phenoxy) is 1. The molecule has 7 nitrogen and oxygen atoms in total. The van der Waals surface area contributed by atoms with Crippen molar-refractivity contribution in [3.05, 3.63) is 16.6 Å². The maximum atomic E-state index is 12.1. The van der Waals surface area contributed by atoms with Gasteiger partial charge in [-0.1, -0.05) is 19.0 Å². The first-order valence-electron chi connectivity index (χ1n) is 6.47. The third kappa shape index (κ3) is 3.15.